The number of pyridine rings is 1. The Hall–Kier alpha value is -3.07. The van der Waals surface area contributed by atoms with E-state index >= 15 is 0 Å². The van der Waals surface area contributed by atoms with Crippen molar-refractivity contribution >= 4 is 23.0 Å². The molecule has 0 radical (unpaired) electrons. The first-order chi connectivity index (χ1) is 14.7. The first-order valence-corrected chi connectivity index (χ1v) is 11.1. The lowest BCUT2D eigenvalue weighted by atomic mass is 10.1. The van der Waals surface area contributed by atoms with Crippen molar-refractivity contribution in [1.82, 2.24) is 29.4 Å². The summed E-state index contributed by atoms with van der Waals surface area (Å²) in [5.74, 6) is 0.153. The minimum atomic E-state index is -0.576. The van der Waals surface area contributed by atoms with E-state index in [9.17, 15) is 4.79 Å². The highest BCUT2D eigenvalue weighted by Gasteiger charge is 2.26. The molecule has 0 unspecified atom stereocenters. The van der Waals surface area contributed by atoms with Crippen molar-refractivity contribution in [1.29, 1.82) is 0 Å². The average molecular weight is 437 g/mol. The van der Waals surface area contributed by atoms with Gasteiger partial charge in [0.25, 0.3) is 0 Å². The molecule has 4 aromatic heterocycles. The van der Waals surface area contributed by atoms with E-state index in [2.05, 4.69) is 32.0 Å². The standard InChI is InChI=1S/C22H24N6O2S/c1-13-23-8-19(31-13)17-7-15(14-5-6-14)9-27-10-16(24-20(17)27)11-28-12-18(25-26-28)21(29)30-22(2,3)4/h7-10,12,14H,5-6,11H2,1-4H3. The monoisotopic (exact) mass is 436 g/mol. The van der Waals surface area contributed by atoms with Gasteiger partial charge in [0.2, 0.25) is 0 Å². The number of thiazole rings is 1. The van der Waals surface area contributed by atoms with Crippen LogP contribution in [0.4, 0.5) is 0 Å². The van der Waals surface area contributed by atoms with Gasteiger partial charge in [-0.3, -0.25) is 0 Å². The molecular weight excluding hydrogens is 412 g/mol. The van der Waals surface area contributed by atoms with Gasteiger partial charge in [0.05, 0.1) is 28.3 Å². The highest BCUT2D eigenvalue weighted by atomic mass is 32.1. The van der Waals surface area contributed by atoms with E-state index in [1.165, 1.54) is 18.4 Å². The fourth-order valence-corrected chi connectivity index (χ4v) is 4.31. The van der Waals surface area contributed by atoms with Crippen molar-refractivity contribution in [3.63, 3.8) is 0 Å². The Morgan fingerprint density at radius 1 is 1.26 bits per heavy atom. The Labute approximate surface area is 183 Å². The van der Waals surface area contributed by atoms with Crippen LogP contribution in [-0.2, 0) is 11.3 Å². The van der Waals surface area contributed by atoms with E-state index in [1.807, 2.05) is 40.1 Å². The molecule has 1 aliphatic rings. The third-order valence-electron chi connectivity index (χ3n) is 5.03. The topological polar surface area (TPSA) is 87.2 Å². The molecule has 0 aliphatic heterocycles. The number of imidazole rings is 1. The van der Waals surface area contributed by atoms with Crippen LogP contribution in [0, 0.1) is 6.92 Å². The van der Waals surface area contributed by atoms with Crippen molar-refractivity contribution < 1.29 is 9.53 Å². The molecular formula is C22H24N6O2S. The molecule has 0 aromatic carbocycles. The van der Waals surface area contributed by atoms with Gasteiger partial charge < -0.3 is 9.14 Å². The molecule has 5 rings (SSSR count). The molecule has 1 aliphatic carbocycles. The van der Waals surface area contributed by atoms with Crippen molar-refractivity contribution in [2.75, 3.05) is 0 Å². The second-order valence-corrected chi connectivity index (χ2v) is 10.2. The molecule has 4 aromatic rings. The Bertz CT molecular complexity index is 1270. The van der Waals surface area contributed by atoms with E-state index in [0.29, 0.717) is 12.5 Å². The van der Waals surface area contributed by atoms with E-state index < -0.39 is 11.6 Å². The number of hydrogen-bond donors (Lipinski definition) is 0. The van der Waals surface area contributed by atoms with Crippen LogP contribution in [0.5, 0.6) is 0 Å². The third-order valence-corrected chi connectivity index (χ3v) is 5.97. The lowest BCUT2D eigenvalue weighted by Crippen LogP contribution is -2.24. The summed E-state index contributed by atoms with van der Waals surface area (Å²) < 4.78 is 9.07. The molecule has 4 heterocycles. The van der Waals surface area contributed by atoms with Crippen LogP contribution in [-0.4, -0.2) is 40.9 Å². The minimum Gasteiger partial charge on any atom is -0.455 e. The van der Waals surface area contributed by atoms with Crippen LogP contribution >= 0.6 is 11.3 Å². The maximum Gasteiger partial charge on any atom is 0.361 e. The molecule has 8 nitrogen and oxygen atoms in total. The second-order valence-electron chi connectivity index (χ2n) is 8.97. The highest BCUT2D eigenvalue weighted by Crippen LogP contribution is 2.42. The van der Waals surface area contributed by atoms with Gasteiger partial charge in [0.1, 0.15) is 11.2 Å². The molecule has 160 valence electrons. The van der Waals surface area contributed by atoms with E-state index in [4.69, 9.17) is 9.72 Å². The lowest BCUT2D eigenvalue weighted by molar-refractivity contribution is 0.00627. The number of fused-ring (bicyclic) bond motifs is 1. The van der Waals surface area contributed by atoms with Crippen LogP contribution in [0.1, 0.15) is 66.3 Å². The Balaban J connectivity index is 1.46. The molecule has 9 heteroatoms. The van der Waals surface area contributed by atoms with Gasteiger partial charge in [-0.05, 0) is 58.1 Å². The number of esters is 1. The van der Waals surface area contributed by atoms with Gasteiger partial charge in [0, 0.05) is 24.2 Å². The molecule has 31 heavy (non-hydrogen) atoms. The second kappa shape index (κ2) is 7.26. The summed E-state index contributed by atoms with van der Waals surface area (Å²) in [7, 11) is 0. The summed E-state index contributed by atoms with van der Waals surface area (Å²) in [4.78, 5) is 22.6. The van der Waals surface area contributed by atoms with Crippen molar-refractivity contribution in [3.05, 3.63) is 52.8 Å². The van der Waals surface area contributed by atoms with Gasteiger partial charge in [-0.15, -0.1) is 16.4 Å². The summed E-state index contributed by atoms with van der Waals surface area (Å²) >= 11 is 1.68. The summed E-state index contributed by atoms with van der Waals surface area (Å²) in [6, 6.07) is 2.26. The molecule has 0 spiro atoms. The van der Waals surface area contributed by atoms with Crippen molar-refractivity contribution in [3.8, 4) is 10.4 Å². The van der Waals surface area contributed by atoms with Gasteiger partial charge in [-0.25, -0.2) is 19.4 Å². The zero-order chi connectivity index (χ0) is 21.8. The Morgan fingerprint density at radius 2 is 2.06 bits per heavy atom. The van der Waals surface area contributed by atoms with Crippen LogP contribution in [0.3, 0.4) is 0 Å². The first kappa shape index (κ1) is 19.9. The van der Waals surface area contributed by atoms with Crippen LogP contribution < -0.4 is 0 Å². The van der Waals surface area contributed by atoms with Crippen molar-refractivity contribution in [2.24, 2.45) is 0 Å². The minimum absolute atomic E-state index is 0.190. The predicted molar refractivity (Wildman–Crippen MR) is 117 cm³/mol. The normalized spacial score (nSPS) is 14.3. The van der Waals surface area contributed by atoms with Crippen LogP contribution in [0.2, 0.25) is 0 Å². The Morgan fingerprint density at radius 3 is 2.74 bits per heavy atom. The zero-order valence-corrected chi connectivity index (χ0v) is 18.8. The fraction of sp³-hybridized carbons (Fsp3) is 0.409. The molecule has 0 amide bonds. The van der Waals surface area contributed by atoms with E-state index in [0.717, 1.165) is 26.8 Å². The first-order valence-electron chi connectivity index (χ1n) is 10.3. The average Bonchev–Trinajstić information content (AvgIpc) is 3.07. The molecule has 0 atom stereocenters. The highest BCUT2D eigenvalue weighted by molar-refractivity contribution is 7.15. The predicted octanol–water partition coefficient (Wildman–Crippen LogP) is 4.24. The molecule has 0 N–H and O–H groups in total. The smallest absolute Gasteiger partial charge is 0.361 e. The third kappa shape index (κ3) is 4.23. The molecule has 1 saturated carbocycles. The van der Waals surface area contributed by atoms with Gasteiger partial charge >= 0.3 is 5.97 Å². The molecule has 1 fully saturated rings. The molecule has 0 saturated heterocycles. The Kier molecular flexibility index (Phi) is 4.65. The summed E-state index contributed by atoms with van der Waals surface area (Å²) in [6.45, 7) is 7.90. The number of hydrogen-bond acceptors (Lipinski definition) is 7. The number of nitrogens with zero attached hydrogens (tertiary/aromatic N) is 6. The maximum atomic E-state index is 12.2. The lowest BCUT2D eigenvalue weighted by Gasteiger charge is -2.18. The quantitative estimate of drug-likeness (QED) is 0.435. The van der Waals surface area contributed by atoms with E-state index in [1.54, 1.807) is 22.2 Å². The molecule has 0 bridgehead atoms. The zero-order valence-electron chi connectivity index (χ0n) is 18.0. The maximum absolute atomic E-state index is 12.2. The van der Waals surface area contributed by atoms with Crippen LogP contribution in [0.15, 0.2) is 30.9 Å². The number of carbonyl (C=O) groups is 1. The fourth-order valence-electron chi connectivity index (χ4n) is 3.52. The van der Waals surface area contributed by atoms with E-state index in [-0.39, 0.29) is 5.69 Å². The number of carbonyl (C=O) groups excluding carboxylic acids is 1. The van der Waals surface area contributed by atoms with Gasteiger partial charge in [-0.2, -0.15) is 0 Å². The SMILES string of the molecule is Cc1ncc(-c2cc(C3CC3)cn3cc(Cn4cc(C(=O)OC(C)(C)C)nn4)nc23)s1. The van der Waals surface area contributed by atoms with Crippen molar-refractivity contribution in [2.45, 2.75) is 58.6 Å². The van der Waals surface area contributed by atoms with Gasteiger partial charge in [-0.1, -0.05) is 5.21 Å². The number of rotatable bonds is 5. The van der Waals surface area contributed by atoms with Gasteiger partial charge in [0.15, 0.2) is 5.69 Å². The largest absolute Gasteiger partial charge is 0.455 e. The summed E-state index contributed by atoms with van der Waals surface area (Å²) in [5, 5.41) is 9.08. The number of aryl methyl sites for hydroxylation is 1. The number of ether oxygens (including phenoxy) is 1. The summed E-state index contributed by atoms with van der Waals surface area (Å²) in [5.41, 5.74) is 3.80. The van der Waals surface area contributed by atoms with Crippen LogP contribution in [0.25, 0.3) is 16.1 Å². The number of aromatic nitrogens is 6. The summed E-state index contributed by atoms with van der Waals surface area (Å²) in [6.07, 6.45) is 10.2.